The Morgan fingerprint density at radius 2 is 1.93 bits per heavy atom. The largest absolute Gasteiger partial charge is 0.459 e. The predicted molar refractivity (Wildman–Crippen MR) is 120 cm³/mol. The summed E-state index contributed by atoms with van der Waals surface area (Å²) in [6.07, 6.45) is 7.63. The van der Waals surface area contributed by atoms with Gasteiger partial charge >= 0.3 is 6.03 Å². The lowest BCUT2D eigenvalue weighted by Crippen LogP contribution is -2.52. The van der Waals surface area contributed by atoms with Crippen LogP contribution >= 0.6 is 11.6 Å². The molecule has 2 aromatic rings. The first-order valence-electron chi connectivity index (χ1n) is 11.2. The smallest absolute Gasteiger partial charge is 0.319 e. The van der Waals surface area contributed by atoms with Crippen molar-refractivity contribution in [3.8, 4) is 0 Å². The molecule has 0 radical (unpaired) electrons. The first-order valence-corrected chi connectivity index (χ1v) is 11.6. The van der Waals surface area contributed by atoms with Crippen LogP contribution in [0.25, 0.3) is 11.0 Å². The van der Waals surface area contributed by atoms with Crippen LogP contribution in [0.1, 0.15) is 56.3 Å². The maximum Gasteiger partial charge on any atom is 0.319 e. The summed E-state index contributed by atoms with van der Waals surface area (Å²) >= 11 is 6.64. The third-order valence-corrected chi connectivity index (χ3v) is 7.55. The number of urea groups is 1. The fourth-order valence-electron chi connectivity index (χ4n) is 5.63. The second-order valence-electron chi connectivity index (χ2n) is 9.43. The van der Waals surface area contributed by atoms with Gasteiger partial charge in [0.2, 0.25) is 0 Å². The number of piperidine rings is 1. The van der Waals surface area contributed by atoms with Gasteiger partial charge in [-0.25, -0.2) is 4.79 Å². The van der Waals surface area contributed by atoms with Gasteiger partial charge in [-0.1, -0.05) is 30.9 Å². The fraction of sp³-hybridized carbons (Fsp3) is 0.609. The molecule has 0 atom stereocenters. The van der Waals surface area contributed by atoms with Crippen molar-refractivity contribution in [1.82, 2.24) is 15.1 Å². The number of hydrogen-bond acceptors (Lipinski definition) is 4. The van der Waals surface area contributed by atoms with E-state index in [0.29, 0.717) is 11.1 Å². The Kier molecular flexibility index (Phi) is 5.20. The second-order valence-corrected chi connectivity index (χ2v) is 9.84. The summed E-state index contributed by atoms with van der Waals surface area (Å²) in [5, 5.41) is 7.79. The van der Waals surface area contributed by atoms with Gasteiger partial charge < -0.3 is 20.0 Å². The highest BCUT2D eigenvalue weighted by molar-refractivity contribution is 6.35. The summed E-state index contributed by atoms with van der Waals surface area (Å²) < 4.78 is 6.46. The van der Waals surface area contributed by atoms with Crippen LogP contribution in [0.3, 0.4) is 0 Å². The molecule has 1 aliphatic carbocycles. The van der Waals surface area contributed by atoms with Gasteiger partial charge in [0.05, 0.1) is 22.8 Å². The molecule has 3 aliphatic rings. The maximum absolute atomic E-state index is 12.4. The van der Waals surface area contributed by atoms with Crippen molar-refractivity contribution in [2.75, 3.05) is 32.5 Å². The predicted octanol–water partition coefficient (Wildman–Crippen LogP) is 4.91. The number of fused-ring (bicyclic) bond motifs is 4. The van der Waals surface area contributed by atoms with E-state index in [-0.39, 0.29) is 11.6 Å². The van der Waals surface area contributed by atoms with Gasteiger partial charge in [0, 0.05) is 30.1 Å². The molecule has 2 aliphatic heterocycles. The van der Waals surface area contributed by atoms with E-state index in [4.69, 9.17) is 16.0 Å². The van der Waals surface area contributed by atoms with E-state index >= 15 is 0 Å². The molecule has 1 spiro atoms. The average molecular weight is 431 g/mol. The fourth-order valence-corrected chi connectivity index (χ4v) is 5.89. The molecule has 3 heterocycles. The number of nitrogens with one attached hydrogen (secondary N) is 2. The monoisotopic (exact) mass is 430 g/mol. The van der Waals surface area contributed by atoms with Gasteiger partial charge in [-0.3, -0.25) is 4.90 Å². The zero-order valence-corrected chi connectivity index (χ0v) is 18.6. The first kappa shape index (κ1) is 20.2. The third-order valence-electron chi connectivity index (χ3n) is 7.25. The highest BCUT2D eigenvalue weighted by Crippen LogP contribution is 2.49. The lowest BCUT2D eigenvalue weighted by Gasteiger charge is -2.42. The van der Waals surface area contributed by atoms with E-state index in [1.165, 1.54) is 19.3 Å². The highest BCUT2D eigenvalue weighted by Gasteiger charge is 2.43. The Balaban J connectivity index is 1.48. The molecule has 5 rings (SSSR count). The number of likely N-dealkylation sites (tertiary alicyclic amines) is 1. The number of benzene rings is 1. The summed E-state index contributed by atoms with van der Waals surface area (Å²) in [5.74, 6) is 0.973. The van der Waals surface area contributed by atoms with E-state index in [0.717, 1.165) is 73.3 Å². The molecule has 2 amide bonds. The number of rotatable bonds is 3. The number of nitrogens with zero attached hydrogens (tertiary/aromatic N) is 2. The van der Waals surface area contributed by atoms with E-state index < -0.39 is 0 Å². The van der Waals surface area contributed by atoms with Crippen molar-refractivity contribution < 1.29 is 9.21 Å². The molecular formula is C23H31ClN4O2. The van der Waals surface area contributed by atoms with Gasteiger partial charge in [0.15, 0.2) is 0 Å². The first-order chi connectivity index (χ1) is 14.4. The van der Waals surface area contributed by atoms with Crippen molar-refractivity contribution >= 4 is 34.3 Å². The van der Waals surface area contributed by atoms with Crippen molar-refractivity contribution in [2.24, 2.45) is 0 Å². The molecule has 1 saturated carbocycles. The molecule has 1 aromatic carbocycles. The Bertz CT molecular complexity index is 956. The number of carbonyl (C=O) groups is 1. The van der Waals surface area contributed by atoms with E-state index in [9.17, 15) is 4.79 Å². The number of hydrogen-bond donors (Lipinski definition) is 2. The minimum Gasteiger partial charge on any atom is -0.459 e. The van der Waals surface area contributed by atoms with Crippen LogP contribution in [0.2, 0.25) is 5.02 Å². The summed E-state index contributed by atoms with van der Waals surface area (Å²) in [4.78, 5) is 17.2. The lowest BCUT2D eigenvalue weighted by molar-refractivity contribution is 0.134. The van der Waals surface area contributed by atoms with Gasteiger partial charge in [-0.15, -0.1) is 0 Å². The quantitative estimate of drug-likeness (QED) is 0.726. The minimum atomic E-state index is -0.377. The Morgan fingerprint density at radius 3 is 2.63 bits per heavy atom. The van der Waals surface area contributed by atoms with Gasteiger partial charge in [0.25, 0.3) is 0 Å². The molecule has 162 valence electrons. The molecule has 2 N–H and O–H groups in total. The Hall–Kier alpha value is -1.76. The summed E-state index contributed by atoms with van der Waals surface area (Å²) in [6.45, 7) is 2.98. The van der Waals surface area contributed by atoms with Crippen LogP contribution in [0.5, 0.6) is 0 Å². The standard InChI is InChI=1S/C23H31ClN4O2/c1-27(2)16-6-10-28(11-7-16)14-17-12-15-13-18(24)20-19(21(15)30-17)23(26-22(29)25-20)8-4-3-5-9-23/h12-13,16H,3-11,14H2,1-2H3,(H2,25,26,29). The number of anilines is 1. The van der Waals surface area contributed by atoms with E-state index in [2.05, 4.69) is 40.6 Å². The molecule has 7 heteroatoms. The molecule has 1 aromatic heterocycles. The third kappa shape index (κ3) is 3.49. The van der Waals surface area contributed by atoms with Crippen LogP contribution in [0, 0.1) is 0 Å². The van der Waals surface area contributed by atoms with E-state index in [1.807, 2.05) is 6.07 Å². The van der Waals surface area contributed by atoms with Crippen molar-refractivity contribution in [3.63, 3.8) is 0 Å². The summed E-state index contributed by atoms with van der Waals surface area (Å²) in [7, 11) is 4.33. The molecule has 0 bridgehead atoms. The van der Waals surface area contributed by atoms with Crippen LogP contribution < -0.4 is 10.6 Å². The van der Waals surface area contributed by atoms with Crippen LogP contribution in [0.4, 0.5) is 10.5 Å². The molecule has 1 saturated heterocycles. The number of carbonyl (C=O) groups excluding carboxylic acids is 1. The number of halogens is 1. The average Bonchev–Trinajstić information content (AvgIpc) is 3.10. The van der Waals surface area contributed by atoms with Crippen molar-refractivity contribution in [3.05, 3.63) is 28.5 Å². The van der Waals surface area contributed by atoms with Crippen LogP contribution in [0.15, 0.2) is 16.5 Å². The second kappa shape index (κ2) is 7.74. The maximum atomic E-state index is 12.4. The summed E-state index contributed by atoms with van der Waals surface area (Å²) in [5.41, 5.74) is 2.27. The van der Waals surface area contributed by atoms with E-state index in [1.54, 1.807) is 0 Å². The van der Waals surface area contributed by atoms with Crippen molar-refractivity contribution in [1.29, 1.82) is 0 Å². The van der Waals surface area contributed by atoms with Crippen molar-refractivity contribution in [2.45, 2.75) is 63.1 Å². The van der Waals surface area contributed by atoms with Crippen LogP contribution in [-0.2, 0) is 12.1 Å². The molecule has 6 nitrogen and oxygen atoms in total. The lowest BCUT2D eigenvalue weighted by atomic mass is 9.74. The molecular weight excluding hydrogens is 400 g/mol. The topological polar surface area (TPSA) is 60.8 Å². The number of furan rings is 1. The summed E-state index contributed by atoms with van der Waals surface area (Å²) in [6, 6.07) is 4.57. The van der Waals surface area contributed by atoms with Gasteiger partial charge in [-0.05, 0) is 51.9 Å². The zero-order chi connectivity index (χ0) is 20.9. The number of amides is 2. The SMILES string of the molecule is CN(C)C1CCN(Cc2cc3cc(Cl)c4c(c3o2)C2(CCCCC2)NC(=O)N4)CC1. The Morgan fingerprint density at radius 1 is 1.20 bits per heavy atom. The zero-order valence-electron chi connectivity index (χ0n) is 17.9. The van der Waals surface area contributed by atoms with Gasteiger partial charge in [0.1, 0.15) is 11.3 Å². The Labute approximate surface area is 182 Å². The molecule has 30 heavy (non-hydrogen) atoms. The van der Waals surface area contributed by atoms with Gasteiger partial charge in [-0.2, -0.15) is 0 Å². The highest BCUT2D eigenvalue weighted by atomic mass is 35.5. The van der Waals surface area contributed by atoms with Crippen LogP contribution in [-0.4, -0.2) is 49.1 Å². The molecule has 0 unspecified atom stereocenters. The molecule has 2 fully saturated rings. The minimum absolute atomic E-state index is 0.166. The normalized spacial score (nSPS) is 22.3.